The molecule has 0 amide bonds. The second-order valence-electron chi connectivity index (χ2n) is 4.05. The van der Waals surface area contributed by atoms with Crippen LogP contribution in [0.15, 0.2) is 29.2 Å². The molecule has 0 saturated carbocycles. The minimum atomic E-state index is -3.65. The number of benzene rings is 1. The van der Waals surface area contributed by atoms with E-state index in [0.717, 1.165) is 9.87 Å². The van der Waals surface area contributed by atoms with Crippen molar-refractivity contribution in [3.05, 3.63) is 29.8 Å². The van der Waals surface area contributed by atoms with Crippen LogP contribution in [-0.2, 0) is 19.6 Å². The highest BCUT2D eigenvalue weighted by atomic mass is 32.2. The highest BCUT2D eigenvalue weighted by molar-refractivity contribution is 7.89. The minimum absolute atomic E-state index is 0.193. The van der Waals surface area contributed by atoms with E-state index in [9.17, 15) is 13.2 Å². The fraction of sp³-hybridized carbons (Fsp3) is 0.462. The van der Waals surface area contributed by atoms with Gasteiger partial charge < -0.3 is 4.74 Å². The van der Waals surface area contributed by atoms with Gasteiger partial charge in [-0.2, -0.15) is 4.31 Å². The molecule has 0 heterocycles. The number of sulfonamides is 1. The predicted octanol–water partition coefficient (Wildman–Crippen LogP) is 1.57. The van der Waals surface area contributed by atoms with Crippen LogP contribution < -0.4 is 0 Å². The van der Waals surface area contributed by atoms with Crippen molar-refractivity contribution in [3.63, 3.8) is 0 Å². The Morgan fingerprint density at radius 2 is 2.00 bits per heavy atom. The van der Waals surface area contributed by atoms with Gasteiger partial charge in [-0.3, -0.25) is 4.79 Å². The zero-order valence-electron chi connectivity index (χ0n) is 11.4. The van der Waals surface area contributed by atoms with Gasteiger partial charge in [-0.15, -0.1) is 0 Å². The molecule has 0 atom stereocenters. The van der Waals surface area contributed by atoms with Gasteiger partial charge in [0.15, 0.2) is 0 Å². The van der Waals surface area contributed by atoms with Crippen molar-refractivity contribution < 1.29 is 17.9 Å². The molecular weight excluding hydrogens is 266 g/mol. The summed E-state index contributed by atoms with van der Waals surface area (Å²) in [6.07, 6.45) is 0. The fourth-order valence-electron chi connectivity index (χ4n) is 1.64. The third kappa shape index (κ3) is 4.04. The SMILES string of the molecule is CCOC(=O)CN(CC)S(=O)(=O)c1cccc(C)c1. The van der Waals surface area contributed by atoms with E-state index < -0.39 is 16.0 Å². The molecule has 0 fully saturated rings. The zero-order valence-corrected chi connectivity index (χ0v) is 12.2. The number of nitrogens with zero attached hydrogens (tertiary/aromatic N) is 1. The van der Waals surface area contributed by atoms with Crippen LogP contribution in [0, 0.1) is 6.92 Å². The summed E-state index contributed by atoms with van der Waals surface area (Å²) in [5, 5.41) is 0. The number of carbonyl (C=O) groups is 1. The summed E-state index contributed by atoms with van der Waals surface area (Å²) < 4.78 is 30.6. The third-order valence-corrected chi connectivity index (χ3v) is 4.51. The topological polar surface area (TPSA) is 63.7 Å². The summed E-state index contributed by atoms with van der Waals surface area (Å²) in [6, 6.07) is 6.61. The Morgan fingerprint density at radius 3 is 2.53 bits per heavy atom. The molecule has 0 bridgehead atoms. The van der Waals surface area contributed by atoms with Crippen molar-refractivity contribution in [2.24, 2.45) is 0 Å². The fourth-order valence-corrected chi connectivity index (χ4v) is 3.14. The summed E-state index contributed by atoms with van der Waals surface area (Å²) in [5.41, 5.74) is 0.855. The number of hydrogen-bond acceptors (Lipinski definition) is 4. The van der Waals surface area contributed by atoms with Crippen LogP contribution in [0.1, 0.15) is 19.4 Å². The average Bonchev–Trinajstić information content (AvgIpc) is 2.36. The molecule has 0 unspecified atom stereocenters. The molecular formula is C13H19NO4S. The number of hydrogen-bond donors (Lipinski definition) is 0. The van der Waals surface area contributed by atoms with Crippen molar-refractivity contribution in [1.29, 1.82) is 0 Å². The molecule has 1 aromatic rings. The van der Waals surface area contributed by atoms with E-state index in [1.165, 1.54) is 6.07 Å². The number of aryl methyl sites for hydroxylation is 1. The van der Waals surface area contributed by atoms with Gasteiger partial charge in [0, 0.05) is 6.54 Å². The standard InChI is InChI=1S/C13H19NO4S/c1-4-14(10-13(15)18-5-2)19(16,17)12-8-6-7-11(3)9-12/h6-9H,4-5,10H2,1-3H3. The maximum absolute atomic E-state index is 12.4. The van der Waals surface area contributed by atoms with E-state index in [0.29, 0.717) is 0 Å². The van der Waals surface area contributed by atoms with E-state index in [1.54, 1.807) is 26.0 Å². The Labute approximate surface area is 114 Å². The van der Waals surface area contributed by atoms with E-state index in [4.69, 9.17) is 4.74 Å². The third-order valence-electron chi connectivity index (χ3n) is 2.59. The van der Waals surface area contributed by atoms with Crippen molar-refractivity contribution in [2.45, 2.75) is 25.7 Å². The van der Waals surface area contributed by atoms with Crippen LogP contribution in [0.3, 0.4) is 0 Å². The second-order valence-corrected chi connectivity index (χ2v) is 5.99. The van der Waals surface area contributed by atoms with Gasteiger partial charge in [0.05, 0.1) is 11.5 Å². The van der Waals surface area contributed by atoms with Crippen molar-refractivity contribution >= 4 is 16.0 Å². The monoisotopic (exact) mass is 285 g/mol. The average molecular weight is 285 g/mol. The van der Waals surface area contributed by atoms with Crippen LogP contribution in [-0.4, -0.2) is 38.4 Å². The highest BCUT2D eigenvalue weighted by Gasteiger charge is 2.25. The van der Waals surface area contributed by atoms with E-state index in [2.05, 4.69) is 0 Å². The molecule has 0 radical (unpaired) electrons. The lowest BCUT2D eigenvalue weighted by atomic mass is 10.2. The molecule has 0 spiro atoms. The summed E-state index contributed by atoms with van der Waals surface area (Å²) >= 11 is 0. The number of esters is 1. The smallest absolute Gasteiger partial charge is 0.321 e. The number of likely N-dealkylation sites (N-methyl/N-ethyl adjacent to an activating group) is 1. The van der Waals surface area contributed by atoms with Gasteiger partial charge in [0.25, 0.3) is 0 Å². The largest absolute Gasteiger partial charge is 0.465 e. The van der Waals surface area contributed by atoms with Crippen LogP contribution in [0.5, 0.6) is 0 Å². The van der Waals surface area contributed by atoms with Gasteiger partial charge in [-0.1, -0.05) is 19.1 Å². The highest BCUT2D eigenvalue weighted by Crippen LogP contribution is 2.16. The van der Waals surface area contributed by atoms with Crippen LogP contribution >= 0.6 is 0 Å². The molecule has 5 nitrogen and oxygen atoms in total. The van der Waals surface area contributed by atoms with Gasteiger partial charge in [-0.25, -0.2) is 8.42 Å². The number of ether oxygens (including phenoxy) is 1. The molecule has 1 rings (SSSR count). The summed E-state index contributed by atoms with van der Waals surface area (Å²) in [4.78, 5) is 11.6. The van der Waals surface area contributed by atoms with Gasteiger partial charge in [0.1, 0.15) is 6.54 Å². The lowest BCUT2D eigenvalue weighted by molar-refractivity contribution is -0.143. The molecule has 106 valence electrons. The maximum Gasteiger partial charge on any atom is 0.321 e. The van der Waals surface area contributed by atoms with Crippen molar-refractivity contribution in [1.82, 2.24) is 4.31 Å². The van der Waals surface area contributed by atoms with Crippen molar-refractivity contribution in [3.8, 4) is 0 Å². The first kappa shape index (κ1) is 15.7. The Balaban J connectivity index is 2.99. The van der Waals surface area contributed by atoms with Crippen LogP contribution in [0.25, 0.3) is 0 Å². The van der Waals surface area contributed by atoms with Crippen molar-refractivity contribution in [2.75, 3.05) is 19.7 Å². The molecule has 0 N–H and O–H groups in total. The number of rotatable bonds is 6. The Hall–Kier alpha value is -1.40. The molecule has 6 heteroatoms. The van der Waals surface area contributed by atoms with Gasteiger partial charge in [0.2, 0.25) is 10.0 Å². The quantitative estimate of drug-likeness (QED) is 0.744. The molecule has 1 aromatic carbocycles. The lowest BCUT2D eigenvalue weighted by Gasteiger charge is -2.19. The van der Waals surface area contributed by atoms with Crippen LogP contribution in [0.4, 0.5) is 0 Å². The molecule has 0 aliphatic carbocycles. The summed E-state index contributed by atoms with van der Waals surface area (Å²) in [5.74, 6) is -0.541. The van der Waals surface area contributed by atoms with Crippen LogP contribution in [0.2, 0.25) is 0 Å². The normalized spacial score (nSPS) is 11.6. The molecule has 0 aromatic heterocycles. The van der Waals surface area contributed by atoms with E-state index >= 15 is 0 Å². The number of carbonyl (C=O) groups excluding carboxylic acids is 1. The Kier molecular flexibility index (Phi) is 5.50. The zero-order chi connectivity index (χ0) is 14.5. The first-order chi connectivity index (χ1) is 8.91. The van der Waals surface area contributed by atoms with Gasteiger partial charge in [-0.05, 0) is 31.5 Å². The molecule has 0 aliphatic rings. The molecule has 19 heavy (non-hydrogen) atoms. The lowest BCUT2D eigenvalue weighted by Crippen LogP contribution is -2.36. The summed E-state index contributed by atoms with van der Waals surface area (Å²) in [7, 11) is -3.65. The first-order valence-electron chi connectivity index (χ1n) is 6.14. The Morgan fingerprint density at radius 1 is 1.32 bits per heavy atom. The van der Waals surface area contributed by atoms with Gasteiger partial charge >= 0.3 is 5.97 Å². The van der Waals surface area contributed by atoms with E-state index in [1.807, 2.05) is 13.0 Å². The van der Waals surface area contributed by atoms with E-state index in [-0.39, 0.29) is 24.6 Å². The summed E-state index contributed by atoms with van der Waals surface area (Å²) in [6.45, 7) is 5.38. The molecule has 0 aliphatic heterocycles. The predicted molar refractivity (Wildman–Crippen MR) is 72.2 cm³/mol. The second kappa shape index (κ2) is 6.68. The first-order valence-corrected chi connectivity index (χ1v) is 7.58. The molecule has 0 saturated heterocycles. The maximum atomic E-state index is 12.4. The minimum Gasteiger partial charge on any atom is -0.465 e. The Bertz CT molecular complexity index is 539.